The van der Waals surface area contributed by atoms with Gasteiger partial charge in [-0.15, -0.1) is 0 Å². The quantitative estimate of drug-likeness (QED) is 0.0651. The Labute approximate surface area is 245 Å². The molecule has 0 fully saturated rings. The van der Waals surface area contributed by atoms with Crippen LogP contribution in [0.25, 0.3) is 0 Å². The summed E-state index contributed by atoms with van der Waals surface area (Å²) < 4.78 is 34.5. The number of aromatic carboxylic acids is 1. The van der Waals surface area contributed by atoms with E-state index >= 15 is 0 Å². The number of nitrogens with one attached hydrogen (secondary N) is 1. The van der Waals surface area contributed by atoms with Crippen molar-refractivity contribution in [2.45, 2.75) is 25.6 Å². The topological polar surface area (TPSA) is 252 Å². The Kier molecular flexibility index (Phi) is 10.5. The number of carbonyl (C=O) groups is 4. The van der Waals surface area contributed by atoms with E-state index in [1.165, 1.54) is 66.7 Å². The Balaban J connectivity index is 1.74. The fourth-order valence-electron chi connectivity index (χ4n) is 3.74. The molecule has 16 heteroatoms. The number of hydrogen-bond donors (Lipinski definition) is 6. The number of nitrogens with zero attached hydrogens (tertiary/aromatic N) is 2. The first-order valence-corrected chi connectivity index (χ1v) is 13.7. The van der Waals surface area contributed by atoms with E-state index in [1.807, 2.05) is 0 Å². The van der Waals surface area contributed by atoms with E-state index in [4.69, 9.17) is 16.2 Å². The highest BCUT2D eigenvalue weighted by Crippen LogP contribution is 2.20. The van der Waals surface area contributed by atoms with Crippen molar-refractivity contribution in [1.82, 2.24) is 9.03 Å². The molecule has 3 aromatic rings. The molecule has 1 unspecified atom stereocenters. The number of aliphatic imine (C=N–C) groups is 1. The van der Waals surface area contributed by atoms with Gasteiger partial charge in [0.1, 0.15) is 11.8 Å². The van der Waals surface area contributed by atoms with Crippen LogP contribution in [-0.2, 0) is 32.9 Å². The molecule has 43 heavy (non-hydrogen) atoms. The average Bonchev–Trinajstić information content (AvgIpc) is 2.94. The number of carboxylic acid groups (broad SMARTS) is 3. The molecule has 0 bridgehead atoms. The van der Waals surface area contributed by atoms with E-state index in [9.17, 15) is 42.9 Å². The second-order valence-electron chi connectivity index (χ2n) is 8.95. The molecule has 0 aliphatic rings. The largest absolute Gasteiger partial charge is 0.481 e. The van der Waals surface area contributed by atoms with Crippen LogP contribution in [0.4, 0.5) is 5.69 Å². The van der Waals surface area contributed by atoms with Crippen LogP contribution in [0.2, 0.25) is 0 Å². The number of esters is 1. The molecule has 0 aliphatic carbocycles. The minimum atomic E-state index is -4.64. The molecule has 1 atom stereocenters. The van der Waals surface area contributed by atoms with Crippen LogP contribution in [0.15, 0.2) is 77.8 Å². The maximum atomic E-state index is 13.3. The van der Waals surface area contributed by atoms with Gasteiger partial charge in [0.15, 0.2) is 5.96 Å². The zero-order valence-corrected chi connectivity index (χ0v) is 23.1. The van der Waals surface area contributed by atoms with Crippen LogP contribution in [-0.4, -0.2) is 63.9 Å². The second kappa shape index (κ2) is 14.0. The first-order chi connectivity index (χ1) is 20.2. The molecule has 0 spiro atoms. The summed E-state index contributed by atoms with van der Waals surface area (Å²) in [6.07, 6.45) is -1.05. The maximum absolute atomic E-state index is 13.3. The maximum Gasteiger partial charge on any atom is 0.343 e. The number of guanidine groups is 1. The lowest BCUT2D eigenvalue weighted by atomic mass is 10.1. The summed E-state index contributed by atoms with van der Waals surface area (Å²) in [5.74, 6) is -5.22. The van der Waals surface area contributed by atoms with Gasteiger partial charge >= 0.3 is 23.9 Å². The highest BCUT2D eigenvalue weighted by molar-refractivity contribution is 7.87. The number of hydrogen-bond acceptors (Lipinski definition) is 8. The third-order valence-corrected chi connectivity index (χ3v) is 7.29. The lowest BCUT2D eigenvalue weighted by Gasteiger charge is -2.27. The zero-order valence-electron chi connectivity index (χ0n) is 22.3. The standard InChI is InChI=1S/C27H27N5O10S/c28-27(29)31-20-8-6-18(7-9-20)26(39)42-21-10-4-16(5-11-21)14-30-43(40,41)32(22(25(37)38)13-23(33)34)15-17-2-1-3-19(12-17)24(35)36/h1-12,22,30H,13-15H2,(H,33,34)(H,35,36)(H,37,38)(H4,28,29,31). The summed E-state index contributed by atoms with van der Waals surface area (Å²) in [7, 11) is -4.64. The summed E-state index contributed by atoms with van der Waals surface area (Å²) >= 11 is 0. The highest BCUT2D eigenvalue weighted by Gasteiger charge is 2.36. The van der Waals surface area contributed by atoms with E-state index in [2.05, 4.69) is 9.71 Å². The van der Waals surface area contributed by atoms with Gasteiger partial charge in [0, 0.05) is 13.1 Å². The molecule has 0 radical (unpaired) electrons. The van der Waals surface area contributed by atoms with Gasteiger partial charge in [0.2, 0.25) is 0 Å². The minimum absolute atomic E-state index is 0.124. The monoisotopic (exact) mass is 613 g/mol. The van der Waals surface area contributed by atoms with E-state index < -0.39 is 53.1 Å². The van der Waals surface area contributed by atoms with Crippen molar-refractivity contribution in [3.8, 4) is 5.75 Å². The molecule has 3 rings (SSSR count). The SMILES string of the molecule is NC(N)=Nc1ccc(C(=O)Oc2ccc(CNS(=O)(=O)N(Cc3cccc(C(=O)O)c3)C(CC(=O)O)C(=O)O)cc2)cc1. The van der Waals surface area contributed by atoms with E-state index in [-0.39, 0.29) is 34.9 Å². The molecule has 0 heterocycles. The molecule has 0 saturated heterocycles. The molecule has 0 saturated carbocycles. The van der Waals surface area contributed by atoms with Crippen LogP contribution in [0, 0.1) is 0 Å². The van der Waals surface area contributed by atoms with Crippen LogP contribution >= 0.6 is 0 Å². The van der Waals surface area contributed by atoms with Crippen molar-refractivity contribution >= 4 is 45.7 Å². The Morgan fingerprint density at radius 1 is 0.884 bits per heavy atom. The zero-order chi connectivity index (χ0) is 31.7. The summed E-state index contributed by atoms with van der Waals surface area (Å²) in [5, 5.41) is 28.1. The molecule has 3 aromatic carbocycles. The molecule has 0 amide bonds. The second-order valence-corrected chi connectivity index (χ2v) is 10.7. The summed E-state index contributed by atoms with van der Waals surface area (Å²) in [6.45, 7) is -0.962. The first kappa shape index (κ1) is 32.2. The third-order valence-electron chi connectivity index (χ3n) is 5.78. The summed E-state index contributed by atoms with van der Waals surface area (Å²) in [5.41, 5.74) is 11.6. The molecular formula is C27H27N5O10S. The Morgan fingerprint density at radius 3 is 2.09 bits per heavy atom. The van der Waals surface area contributed by atoms with Gasteiger partial charge in [-0.3, -0.25) is 9.59 Å². The normalized spacial score (nSPS) is 11.8. The van der Waals surface area contributed by atoms with Crippen molar-refractivity contribution in [2.75, 3.05) is 0 Å². The number of rotatable bonds is 14. The van der Waals surface area contributed by atoms with Crippen LogP contribution in [0.5, 0.6) is 5.75 Å². The fourth-order valence-corrected chi connectivity index (χ4v) is 5.08. The number of nitrogens with two attached hydrogens (primary N) is 2. The predicted molar refractivity (Wildman–Crippen MR) is 152 cm³/mol. The molecule has 0 aliphatic heterocycles. The van der Waals surface area contributed by atoms with Crippen molar-refractivity contribution in [2.24, 2.45) is 16.5 Å². The van der Waals surface area contributed by atoms with Crippen molar-refractivity contribution in [3.63, 3.8) is 0 Å². The van der Waals surface area contributed by atoms with E-state index in [0.717, 1.165) is 6.07 Å². The third kappa shape index (κ3) is 9.35. The summed E-state index contributed by atoms with van der Waals surface area (Å²) in [4.78, 5) is 50.9. The number of benzene rings is 3. The molecule has 226 valence electrons. The number of aliphatic carboxylic acids is 2. The average molecular weight is 614 g/mol. The molecule has 8 N–H and O–H groups in total. The van der Waals surface area contributed by atoms with Gasteiger partial charge in [0.25, 0.3) is 10.2 Å². The number of carbonyl (C=O) groups excluding carboxylic acids is 1. The molecule has 15 nitrogen and oxygen atoms in total. The lowest BCUT2D eigenvalue weighted by molar-refractivity contribution is -0.148. The summed E-state index contributed by atoms with van der Waals surface area (Å²) in [6, 6.07) is 14.8. The van der Waals surface area contributed by atoms with E-state index in [1.54, 1.807) is 0 Å². The predicted octanol–water partition coefficient (Wildman–Crippen LogP) is 1.27. The number of carboxylic acids is 3. The van der Waals surface area contributed by atoms with Crippen molar-refractivity contribution < 1.29 is 47.7 Å². The van der Waals surface area contributed by atoms with Crippen LogP contribution in [0.1, 0.15) is 38.3 Å². The first-order valence-electron chi connectivity index (χ1n) is 12.3. The van der Waals surface area contributed by atoms with Crippen molar-refractivity contribution in [3.05, 3.63) is 95.1 Å². The Bertz CT molecular complexity index is 1640. The van der Waals surface area contributed by atoms with Crippen LogP contribution < -0.4 is 20.9 Å². The van der Waals surface area contributed by atoms with E-state index in [0.29, 0.717) is 15.6 Å². The van der Waals surface area contributed by atoms with Gasteiger partial charge in [-0.1, -0.05) is 24.3 Å². The van der Waals surface area contributed by atoms with Gasteiger partial charge < -0.3 is 31.5 Å². The molecule has 0 aromatic heterocycles. The lowest BCUT2D eigenvalue weighted by Crippen LogP contribution is -2.50. The smallest absolute Gasteiger partial charge is 0.343 e. The van der Waals surface area contributed by atoms with Gasteiger partial charge in [-0.2, -0.15) is 17.4 Å². The molecular weight excluding hydrogens is 586 g/mol. The Hall–Kier alpha value is -5.32. The minimum Gasteiger partial charge on any atom is -0.481 e. The van der Waals surface area contributed by atoms with Gasteiger partial charge in [-0.05, 0) is 59.7 Å². The fraction of sp³-hybridized carbons (Fsp3) is 0.148. The van der Waals surface area contributed by atoms with Gasteiger partial charge in [0.05, 0.1) is 23.2 Å². The van der Waals surface area contributed by atoms with Gasteiger partial charge in [-0.25, -0.2) is 14.6 Å². The highest BCUT2D eigenvalue weighted by atomic mass is 32.2. The van der Waals surface area contributed by atoms with Crippen LogP contribution in [0.3, 0.4) is 0 Å². The Morgan fingerprint density at radius 2 is 1.53 bits per heavy atom. The van der Waals surface area contributed by atoms with Crippen molar-refractivity contribution in [1.29, 1.82) is 0 Å². The number of ether oxygens (including phenoxy) is 1.